The largest absolute Gasteiger partial charge is 0.497 e. The van der Waals surface area contributed by atoms with E-state index in [0.29, 0.717) is 30.2 Å². The molecule has 2 N–H and O–H groups in total. The molecule has 0 radical (unpaired) electrons. The van der Waals surface area contributed by atoms with Gasteiger partial charge in [-0.25, -0.2) is 48.5 Å². The number of carboxylic acid groups (broad SMARTS) is 1. The highest BCUT2D eigenvalue weighted by Crippen LogP contribution is 2.42. The number of amides is 1. The van der Waals surface area contributed by atoms with Crippen LogP contribution in [0.3, 0.4) is 0 Å². The molecular weight excluding hydrogens is 880 g/mol. The van der Waals surface area contributed by atoms with E-state index in [1.165, 1.54) is 51.3 Å². The third-order valence-electron chi connectivity index (χ3n) is 10.8. The number of nitrogens with zero attached hydrogens (tertiary/aromatic N) is 5. The summed E-state index contributed by atoms with van der Waals surface area (Å²) in [6, 6.07) is 13.9. The van der Waals surface area contributed by atoms with Crippen LogP contribution in [0.15, 0.2) is 77.6 Å². The second-order valence-corrected chi connectivity index (χ2v) is 20.5. The van der Waals surface area contributed by atoms with E-state index in [2.05, 4.69) is 10.4 Å². The third kappa shape index (κ3) is 8.54. The van der Waals surface area contributed by atoms with Crippen molar-refractivity contribution < 1.29 is 49.0 Å². The number of rotatable bonds is 15. The minimum absolute atomic E-state index is 0.0696. The molecule has 328 valence electrons. The van der Waals surface area contributed by atoms with Gasteiger partial charge in [-0.2, -0.15) is 5.10 Å². The Morgan fingerprint density at radius 3 is 2.24 bits per heavy atom. The van der Waals surface area contributed by atoms with Crippen molar-refractivity contribution in [2.45, 2.75) is 68.7 Å². The Morgan fingerprint density at radius 1 is 1.00 bits per heavy atom. The summed E-state index contributed by atoms with van der Waals surface area (Å²) in [5.74, 6) is -2.24. The number of sulfonamides is 1. The van der Waals surface area contributed by atoms with Gasteiger partial charge in [-0.1, -0.05) is 29.8 Å². The van der Waals surface area contributed by atoms with Crippen LogP contribution in [0, 0.1) is 11.6 Å². The highest BCUT2D eigenvalue weighted by atomic mass is 35.5. The van der Waals surface area contributed by atoms with Crippen LogP contribution in [-0.2, 0) is 44.1 Å². The van der Waals surface area contributed by atoms with Gasteiger partial charge in [0.05, 0.1) is 62.2 Å². The highest BCUT2D eigenvalue weighted by Gasteiger charge is 2.43. The minimum atomic E-state index is -4.22. The SMILES string of the molecule is COc1ccc(CN(c2nn(CC(F)F)c3c(-n4c(C(Cc5cc(F)cc(F)c5)NC(=O)O)nc5cc(C(C)(C)S(C)(=O)=O)ccc5c4=O)ccc(Cl)c23)S(=O)(=O)C2CC2)cc1. The first kappa shape index (κ1) is 44.3. The van der Waals surface area contributed by atoms with Crippen molar-refractivity contribution in [1.29, 1.82) is 0 Å². The summed E-state index contributed by atoms with van der Waals surface area (Å²) < 4.78 is 119. The number of fused-ring (bicyclic) bond motifs is 2. The number of halogens is 5. The number of alkyl halides is 2. The van der Waals surface area contributed by atoms with Crippen LogP contribution < -0.4 is 19.9 Å². The van der Waals surface area contributed by atoms with Crippen LogP contribution in [0.1, 0.15) is 55.2 Å². The number of aromatic nitrogens is 4. The molecule has 1 amide bonds. The van der Waals surface area contributed by atoms with E-state index in [1.54, 1.807) is 24.3 Å². The average molecular weight is 919 g/mol. The topological polar surface area (TPSA) is 183 Å². The molecule has 21 heteroatoms. The third-order valence-corrected chi connectivity index (χ3v) is 15.5. The molecule has 2 heterocycles. The fourth-order valence-electron chi connectivity index (χ4n) is 7.17. The standard InChI is InChI=1S/C41H39ClF4N6O8S2/c1-41(2,61(4,56)57)24-7-12-29-31(18-24)47-37(32(48-40(54)55)17-23-15-25(43)19-26(44)16-23)52(39(29)53)33-14-13-30(42)35-36(33)50(21-34(45)46)49-38(35)51(62(58,59)28-10-11-28)20-22-5-8-27(60-3)9-6-22/h5-9,12-16,18-19,28,32,34,48H,10-11,17,20-21H2,1-4H3,(H,54,55). The number of carbonyl (C=O) groups is 1. The zero-order valence-corrected chi connectivity index (χ0v) is 35.8. The first-order valence-electron chi connectivity index (χ1n) is 18.9. The maximum Gasteiger partial charge on any atom is 0.405 e. The quantitative estimate of drug-likeness (QED) is 0.0994. The zero-order chi connectivity index (χ0) is 45.1. The van der Waals surface area contributed by atoms with Gasteiger partial charge in [0.25, 0.3) is 12.0 Å². The molecule has 0 aliphatic heterocycles. The Kier molecular flexibility index (Phi) is 11.8. The molecule has 1 aliphatic carbocycles. The normalized spacial score (nSPS) is 14.1. The number of methoxy groups -OCH3 is 1. The minimum Gasteiger partial charge on any atom is -0.497 e. The Balaban J connectivity index is 1.56. The maximum atomic E-state index is 15.0. The summed E-state index contributed by atoms with van der Waals surface area (Å²) in [6.45, 7) is 1.44. The molecule has 0 saturated heterocycles. The Labute approximate surface area is 357 Å². The molecule has 1 saturated carbocycles. The van der Waals surface area contributed by atoms with Crippen molar-refractivity contribution in [3.8, 4) is 11.4 Å². The number of benzene rings is 4. The van der Waals surface area contributed by atoms with Crippen LogP contribution in [-0.4, -0.2) is 72.4 Å². The number of ether oxygens (including phenoxy) is 1. The van der Waals surface area contributed by atoms with Crippen molar-refractivity contribution in [3.63, 3.8) is 0 Å². The average Bonchev–Trinajstić information content (AvgIpc) is 3.99. The fraction of sp³-hybridized carbons (Fsp3) is 0.317. The molecule has 62 heavy (non-hydrogen) atoms. The van der Waals surface area contributed by atoms with Gasteiger partial charge in [0, 0.05) is 18.7 Å². The second kappa shape index (κ2) is 16.5. The Bertz CT molecular complexity index is 3010. The van der Waals surface area contributed by atoms with Gasteiger partial charge in [0.2, 0.25) is 10.0 Å². The fourth-order valence-corrected chi connectivity index (χ4v) is 9.75. The van der Waals surface area contributed by atoms with Gasteiger partial charge in [0.1, 0.15) is 29.8 Å². The molecule has 1 aliphatic rings. The summed E-state index contributed by atoms with van der Waals surface area (Å²) in [5.41, 5.74) is -0.900. The number of hydrogen-bond acceptors (Lipinski definition) is 9. The van der Waals surface area contributed by atoms with Crippen LogP contribution in [0.2, 0.25) is 5.02 Å². The lowest BCUT2D eigenvalue weighted by molar-refractivity contribution is 0.123. The predicted octanol–water partition coefficient (Wildman–Crippen LogP) is 7.27. The molecular formula is C41H39ClF4N6O8S2. The molecule has 2 aromatic heterocycles. The molecule has 7 rings (SSSR count). The van der Waals surface area contributed by atoms with Crippen molar-refractivity contribution >= 4 is 65.2 Å². The van der Waals surface area contributed by atoms with E-state index in [-0.39, 0.29) is 56.0 Å². The lowest BCUT2D eigenvalue weighted by atomic mass is 10.00. The van der Waals surface area contributed by atoms with Gasteiger partial charge < -0.3 is 15.2 Å². The summed E-state index contributed by atoms with van der Waals surface area (Å²) in [5, 5.41) is 15.5. The highest BCUT2D eigenvalue weighted by molar-refractivity contribution is 7.93. The van der Waals surface area contributed by atoms with Crippen molar-refractivity contribution in [3.05, 3.63) is 122 Å². The molecule has 1 atom stereocenters. The number of hydrogen-bond donors (Lipinski definition) is 2. The molecule has 0 spiro atoms. The first-order valence-corrected chi connectivity index (χ1v) is 22.7. The van der Waals surface area contributed by atoms with Gasteiger partial charge in [-0.05, 0) is 91.9 Å². The monoisotopic (exact) mass is 918 g/mol. The number of nitrogens with one attached hydrogen (secondary N) is 1. The van der Waals surface area contributed by atoms with E-state index in [9.17, 15) is 49.1 Å². The van der Waals surface area contributed by atoms with Crippen molar-refractivity contribution in [2.75, 3.05) is 17.7 Å². The van der Waals surface area contributed by atoms with E-state index in [4.69, 9.17) is 21.3 Å². The molecule has 14 nitrogen and oxygen atoms in total. The molecule has 1 unspecified atom stereocenters. The molecule has 4 aromatic carbocycles. The van der Waals surface area contributed by atoms with Crippen LogP contribution in [0.4, 0.5) is 28.2 Å². The van der Waals surface area contributed by atoms with Crippen molar-refractivity contribution in [2.24, 2.45) is 0 Å². The van der Waals surface area contributed by atoms with Crippen LogP contribution in [0.25, 0.3) is 27.5 Å². The summed E-state index contributed by atoms with van der Waals surface area (Å²) in [7, 11) is -6.53. The van der Waals surface area contributed by atoms with Crippen LogP contribution >= 0.6 is 11.6 Å². The summed E-state index contributed by atoms with van der Waals surface area (Å²) >= 11 is 6.85. The van der Waals surface area contributed by atoms with Gasteiger partial charge in [0.15, 0.2) is 15.7 Å². The first-order chi connectivity index (χ1) is 29.1. The van der Waals surface area contributed by atoms with E-state index in [1.807, 2.05) is 0 Å². The number of sulfone groups is 1. The number of anilines is 1. The lowest BCUT2D eigenvalue weighted by Crippen LogP contribution is -2.35. The van der Waals surface area contributed by atoms with Gasteiger partial charge >= 0.3 is 6.09 Å². The summed E-state index contributed by atoms with van der Waals surface area (Å²) in [4.78, 5) is 32.1. The Morgan fingerprint density at radius 2 is 1.66 bits per heavy atom. The molecule has 1 fully saturated rings. The van der Waals surface area contributed by atoms with Gasteiger partial charge in [-0.3, -0.25) is 14.0 Å². The Hall–Kier alpha value is -5.73. The van der Waals surface area contributed by atoms with E-state index in [0.717, 1.165) is 31.9 Å². The maximum absolute atomic E-state index is 15.0. The predicted molar refractivity (Wildman–Crippen MR) is 225 cm³/mol. The second-order valence-electron chi connectivity index (χ2n) is 15.4. The molecule has 0 bridgehead atoms. The smallest absolute Gasteiger partial charge is 0.405 e. The van der Waals surface area contributed by atoms with E-state index < -0.39 is 84.4 Å². The van der Waals surface area contributed by atoms with E-state index >= 15 is 0 Å². The van der Waals surface area contributed by atoms with Crippen molar-refractivity contribution in [1.82, 2.24) is 24.6 Å². The summed E-state index contributed by atoms with van der Waals surface area (Å²) in [6.07, 6.45) is -3.57. The van der Waals surface area contributed by atoms with Gasteiger partial charge in [-0.15, -0.1) is 0 Å². The molecule has 6 aromatic rings. The van der Waals surface area contributed by atoms with Crippen LogP contribution in [0.5, 0.6) is 5.75 Å². The lowest BCUT2D eigenvalue weighted by Gasteiger charge is -2.25. The zero-order valence-electron chi connectivity index (χ0n) is 33.4.